The zero-order chi connectivity index (χ0) is 14.5. The van der Waals surface area contributed by atoms with E-state index in [0.29, 0.717) is 43.3 Å². The van der Waals surface area contributed by atoms with Gasteiger partial charge >= 0.3 is 0 Å². The molecular weight excluding hydrogens is 261 g/mol. The normalized spacial score (nSPS) is 16.1. The second-order valence-corrected chi connectivity index (χ2v) is 4.63. The highest BCUT2D eigenvalue weighted by Crippen LogP contribution is 2.21. The van der Waals surface area contributed by atoms with E-state index in [1.165, 1.54) is 13.0 Å². The molecule has 1 aliphatic rings. The molecule has 0 saturated carbocycles. The number of morpholine rings is 1. The van der Waals surface area contributed by atoms with E-state index in [2.05, 4.69) is 10.5 Å². The fraction of sp³-hybridized carbons (Fsp3) is 0.429. The van der Waals surface area contributed by atoms with Gasteiger partial charge < -0.3 is 9.64 Å². The van der Waals surface area contributed by atoms with Gasteiger partial charge in [0.05, 0.1) is 24.6 Å². The van der Waals surface area contributed by atoms with Crippen LogP contribution in [0.5, 0.6) is 0 Å². The van der Waals surface area contributed by atoms with Crippen molar-refractivity contribution in [3.8, 4) is 0 Å². The van der Waals surface area contributed by atoms with Crippen molar-refractivity contribution in [1.82, 2.24) is 5.43 Å². The Bertz CT molecular complexity index is 525. The van der Waals surface area contributed by atoms with Gasteiger partial charge in [0.1, 0.15) is 5.82 Å². The van der Waals surface area contributed by atoms with Crippen LogP contribution in [0.2, 0.25) is 0 Å². The van der Waals surface area contributed by atoms with Crippen molar-refractivity contribution in [3.05, 3.63) is 29.6 Å². The molecule has 1 aromatic rings. The molecule has 1 aliphatic heterocycles. The summed E-state index contributed by atoms with van der Waals surface area (Å²) in [6.07, 6.45) is 0. The molecule has 0 aliphatic carbocycles. The van der Waals surface area contributed by atoms with E-state index in [-0.39, 0.29) is 11.7 Å². The topological polar surface area (TPSA) is 53.9 Å². The van der Waals surface area contributed by atoms with Crippen LogP contribution in [-0.4, -0.2) is 37.9 Å². The number of amides is 1. The van der Waals surface area contributed by atoms with Crippen LogP contribution in [0, 0.1) is 5.82 Å². The summed E-state index contributed by atoms with van der Waals surface area (Å²) in [5.41, 5.74) is 4.12. The summed E-state index contributed by atoms with van der Waals surface area (Å²) < 4.78 is 19.4. The summed E-state index contributed by atoms with van der Waals surface area (Å²) in [5, 5.41) is 3.89. The van der Waals surface area contributed by atoms with Crippen molar-refractivity contribution in [2.24, 2.45) is 5.10 Å². The molecule has 1 N–H and O–H groups in total. The SMILES string of the molecule is CC(=O)N/N=C(/C)c1ccc(N2CCOCC2)c(F)c1. The van der Waals surface area contributed by atoms with Gasteiger partial charge in [-0.2, -0.15) is 5.10 Å². The molecule has 1 saturated heterocycles. The van der Waals surface area contributed by atoms with Crippen LogP contribution >= 0.6 is 0 Å². The van der Waals surface area contributed by atoms with E-state index in [9.17, 15) is 9.18 Å². The van der Waals surface area contributed by atoms with E-state index < -0.39 is 0 Å². The first-order valence-corrected chi connectivity index (χ1v) is 6.51. The van der Waals surface area contributed by atoms with Gasteiger partial charge in [-0.25, -0.2) is 9.82 Å². The zero-order valence-corrected chi connectivity index (χ0v) is 11.6. The van der Waals surface area contributed by atoms with Crippen LogP contribution in [0.1, 0.15) is 19.4 Å². The van der Waals surface area contributed by atoms with Crippen LogP contribution in [0.15, 0.2) is 23.3 Å². The second kappa shape index (κ2) is 6.47. The Balaban J connectivity index is 2.16. The summed E-state index contributed by atoms with van der Waals surface area (Å²) in [6.45, 7) is 5.71. The monoisotopic (exact) mass is 279 g/mol. The van der Waals surface area contributed by atoms with Gasteiger partial charge in [0.15, 0.2) is 0 Å². The predicted octanol–water partition coefficient (Wildman–Crippen LogP) is 1.52. The summed E-state index contributed by atoms with van der Waals surface area (Å²) >= 11 is 0. The molecule has 2 rings (SSSR count). The fourth-order valence-electron chi connectivity index (χ4n) is 2.02. The highest BCUT2D eigenvalue weighted by Gasteiger charge is 2.15. The van der Waals surface area contributed by atoms with Crippen molar-refractivity contribution in [3.63, 3.8) is 0 Å². The van der Waals surface area contributed by atoms with E-state index in [1.807, 2.05) is 4.90 Å². The Kier molecular flexibility index (Phi) is 4.68. The van der Waals surface area contributed by atoms with Gasteiger partial charge in [-0.15, -0.1) is 0 Å². The molecule has 1 amide bonds. The number of carbonyl (C=O) groups is 1. The number of nitrogens with zero attached hydrogens (tertiary/aromatic N) is 2. The van der Waals surface area contributed by atoms with Gasteiger partial charge in [-0.05, 0) is 19.1 Å². The number of halogens is 1. The standard InChI is InChI=1S/C14H18FN3O2/c1-10(16-17-11(2)19)12-3-4-14(13(15)9-12)18-5-7-20-8-6-18/h3-4,9H,5-8H2,1-2H3,(H,17,19)/b16-10-. The summed E-state index contributed by atoms with van der Waals surface area (Å²) in [6, 6.07) is 4.97. The summed E-state index contributed by atoms with van der Waals surface area (Å²) in [7, 11) is 0. The minimum atomic E-state index is -0.290. The molecule has 0 atom stereocenters. The zero-order valence-electron chi connectivity index (χ0n) is 11.6. The Morgan fingerprint density at radius 3 is 2.65 bits per heavy atom. The van der Waals surface area contributed by atoms with Crippen molar-refractivity contribution in [2.45, 2.75) is 13.8 Å². The molecule has 1 fully saturated rings. The molecule has 108 valence electrons. The number of rotatable bonds is 3. The average molecular weight is 279 g/mol. The van der Waals surface area contributed by atoms with Gasteiger partial charge in [0.2, 0.25) is 5.91 Å². The highest BCUT2D eigenvalue weighted by atomic mass is 19.1. The number of hydrazone groups is 1. The van der Waals surface area contributed by atoms with Crippen molar-refractivity contribution in [1.29, 1.82) is 0 Å². The van der Waals surface area contributed by atoms with Crippen molar-refractivity contribution in [2.75, 3.05) is 31.2 Å². The predicted molar refractivity (Wildman–Crippen MR) is 75.5 cm³/mol. The number of ether oxygens (including phenoxy) is 1. The summed E-state index contributed by atoms with van der Waals surface area (Å²) in [4.78, 5) is 12.8. The maximum Gasteiger partial charge on any atom is 0.236 e. The van der Waals surface area contributed by atoms with Crippen molar-refractivity contribution >= 4 is 17.3 Å². The average Bonchev–Trinajstić information content (AvgIpc) is 2.45. The number of carbonyl (C=O) groups excluding carboxylic acids is 1. The van der Waals surface area contributed by atoms with E-state index in [1.54, 1.807) is 19.1 Å². The van der Waals surface area contributed by atoms with Crippen LogP contribution in [0.25, 0.3) is 0 Å². The molecule has 0 aromatic heterocycles. The van der Waals surface area contributed by atoms with Crippen molar-refractivity contribution < 1.29 is 13.9 Å². The first-order valence-electron chi connectivity index (χ1n) is 6.51. The summed E-state index contributed by atoms with van der Waals surface area (Å²) in [5.74, 6) is -0.545. The molecule has 5 nitrogen and oxygen atoms in total. The Morgan fingerprint density at radius 2 is 2.05 bits per heavy atom. The number of anilines is 1. The molecule has 20 heavy (non-hydrogen) atoms. The fourth-order valence-corrected chi connectivity index (χ4v) is 2.02. The molecular formula is C14H18FN3O2. The molecule has 0 bridgehead atoms. The largest absolute Gasteiger partial charge is 0.378 e. The molecule has 0 spiro atoms. The van der Waals surface area contributed by atoms with Crippen LogP contribution in [0.4, 0.5) is 10.1 Å². The van der Waals surface area contributed by atoms with Crippen LogP contribution in [0.3, 0.4) is 0 Å². The number of hydrogen-bond acceptors (Lipinski definition) is 4. The third-order valence-electron chi connectivity index (χ3n) is 3.10. The molecule has 1 aromatic carbocycles. The Hall–Kier alpha value is -1.95. The van der Waals surface area contributed by atoms with E-state index >= 15 is 0 Å². The lowest BCUT2D eigenvalue weighted by atomic mass is 10.1. The lowest BCUT2D eigenvalue weighted by molar-refractivity contribution is -0.118. The Labute approximate surface area is 117 Å². The minimum Gasteiger partial charge on any atom is -0.378 e. The first-order chi connectivity index (χ1) is 9.58. The minimum absolute atomic E-state index is 0.255. The maximum absolute atomic E-state index is 14.2. The third kappa shape index (κ3) is 3.54. The van der Waals surface area contributed by atoms with Gasteiger partial charge in [0, 0.05) is 25.6 Å². The lowest BCUT2D eigenvalue weighted by Gasteiger charge is -2.29. The molecule has 0 radical (unpaired) electrons. The van der Waals surface area contributed by atoms with Crippen LogP contribution in [-0.2, 0) is 9.53 Å². The van der Waals surface area contributed by atoms with Gasteiger partial charge in [-0.3, -0.25) is 4.79 Å². The smallest absolute Gasteiger partial charge is 0.236 e. The van der Waals surface area contributed by atoms with E-state index in [0.717, 1.165) is 0 Å². The number of hydrogen-bond donors (Lipinski definition) is 1. The van der Waals surface area contributed by atoms with Crippen LogP contribution < -0.4 is 10.3 Å². The van der Waals surface area contributed by atoms with Gasteiger partial charge in [0.25, 0.3) is 0 Å². The maximum atomic E-state index is 14.2. The second-order valence-electron chi connectivity index (χ2n) is 4.63. The quantitative estimate of drug-likeness (QED) is 0.674. The van der Waals surface area contributed by atoms with Gasteiger partial charge in [-0.1, -0.05) is 6.07 Å². The number of nitrogens with one attached hydrogen (secondary N) is 1. The molecule has 1 heterocycles. The number of benzene rings is 1. The molecule has 0 unspecified atom stereocenters. The highest BCUT2D eigenvalue weighted by molar-refractivity contribution is 5.99. The first kappa shape index (κ1) is 14.5. The lowest BCUT2D eigenvalue weighted by Crippen LogP contribution is -2.36. The van der Waals surface area contributed by atoms with E-state index in [4.69, 9.17) is 4.74 Å². The third-order valence-corrected chi connectivity index (χ3v) is 3.10. The Morgan fingerprint density at radius 1 is 1.35 bits per heavy atom. The molecule has 6 heteroatoms.